The number of fused-ring (bicyclic) bond motifs is 1. The number of amides is 2. The number of ether oxygens (including phenoxy) is 1. The molecule has 3 aromatic rings. The molecule has 2 amide bonds. The van der Waals surface area contributed by atoms with Crippen LogP contribution in [0.15, 0.2) is 24.5 Å². The molecule has 0 saturated carbocycles. The number of esters is 1. The van der Waals surface area contributed by atoms with Crippen molar-refractivity contribution in [2.75, 3.05) is 41.8 Å². The normalized spacial score (nSPS) is 15.3. The van der Waals surface area contributed by atoms with Gasteiger partial charge in [-0.25, -0.2) is 19.7 Å². The minimum absolute atomic E-state index is 0.137. The maximum Gasteiger partial charge on any atom is 0.321 e. The van der Waals surface area contributed by atoms with E-state index in [4.69, 9.17) is 16.2 Å². The van der Waals surface area contributed by atoms with Crippen LogP contribution in [0.2, 0.25) is 0 Å². The van der Waals surface area contributed by atoms with E-state index in [0.717, 1.165) is 15.8 Å². The molecule has 34 heavy (non-hydrogen) atoms. The van der Waals surface area contributed by atoms with Gasteiger partial charge in [0, 0.05) is 37.6 Å². The number of urea groups is 1. The highest BCUT2D eigenvalue weighted by Gasteiger charge is 2.38. The zero-order valence-corrected chi connectivity index (χ0v) is 20.4. The molecule has 4 rings (SSSR count). The Balaban J connectivity index is 1.52. The number of hydrogen-bond acceptors (Lipinski definition) is 9. The summed E-state index contributed by atoms with van der Waals surface area (Å²) in [5.74, 6) is 0.488. The van der Waals surface area contributed by atoms with Crippen molar-refractivity contribution >= 4 is 50.3 Å². The second-order valence-electron chi connectivity index (χ2n) is 8.53. The molecule has 1 saturated heterocycles. The van der Waals surface area contributed by atoms with E-state index < -0.39 is 11.4 Å². The first-order valence-corrected chi connectivity index (χ1v) is 12.1. The van der Waals surface area contributed by atoms with E-state index in [2.05, 4.69) is 19.9 Å². The Hall–Kier alpha value is -3.47. The molecule has 4 N–H and O–H groups in total. The van der Waals surface area contributed by atoms with E-state index in [-0.39, 0.29) is 5.97 Å². The molecule has 11 heteroatoms. The lowest BCUT2D eigenvalue weighted by Crippen LogP contribution is -2.44. The van der Waals surface area contributed by atoms with Gasteiger partial charge in [-0.2, -0.15) is 0 Å². The molecule has 3 heterocycles. The number of benzene rings is 1. The predicted molar refractivity (Wildman–Crippen MR) is 134 cm³/mol. The summed E-state index contributed by atoms with van der Waals surface area (Å²) in [6.07, 6.45) is 4.90. The van der Waals surface area contributed by atoms with Crippen molar-refractivity contribution in [2.24, 2.45) is 11.1 Å². The number of primary amides is 1. The summed E-state index contributed by atoms with van der Waals surface area (Å²) in [5.41, 5.74) is 14.2. The molecule has 180 valence electrons. The summed E-state index contributed by atoms with van der Waals surface area (Å²) in [7, 11) is 0. The molecule has 0 bridgehead atoms. The minimum Gasteiger partial charge on any atom is -0.466 e. The largest absolute Gasteiger partial charge is 0.466 e. The molecule has 1 aliphatic heterocycles. The van der Waals surface area contributed by atoms with Crippen LogP contribution in [0.3, 0.4) is 0 Å². The number of hydrogen-bond donors (Lipinski definition) is 2. The molecule has 1 fully saturated rings. The Kier molecular flexibility index (Phi) is 6.56. The molecule has 0 unspecified atom stereocenters. The van der Waals surface area contributed by atoms with E-state index in [9.17, 15) is 9.59 Å². The molecular weight excluding hydrogens is 454 g/mol. The summed E-state index contributed by atoms with van der Waals surface area (Å²) in [6, 6.07) is 3.21. The number of piperidine rings is 1. The summed E-state index contributed by atoms with van der Waals surface area (Å²) < 4.78 is 6.03. The number of nitrogens with zero attached hydrogens (tertiary/aromatic N) is 5. The molecular formula is C23H29N7O3S. The van der Waals surface area contributed by atoms with E-state index in [1.165, 1.54) is 16.2 Å². The zero-order valence-electron chi connectivity index (χ0n) is 19.6. The third-order valence-electron chi connectivity index (χ3n) is 6.21. The SMILES string of the molecule is CCOC(=O)C1(C)CCN(c2ncc(-c3cc(N)c4sc(N(CC)C(N)=O)nc4c3)cn2)CC1. The highest BCUT2D eigenvalue weighted by molar-refractivity contribution is 7.23. The number of thiazole rings is 1. The third kappa shape index (κ3) is 4.47. The van der Waals surface area contributed by atoms with Gasteiger partial charge in [0.05, 0.1) is 27.9 Å². The van der Waals surface area contributed by atoms with Crippen molar-refractivity contribution in [3.05, 3.63) is 24.5 Å². The molecule has 0 radical (unpaired) electrons. The lowest BCUT2D eigenvalue weighted by molar-refractivity contribution is -0.155. The standard InChI is InChI=1S/C23H29N7O3S/c1-4-30(20(25)32)22-28-17-11-14(10-16(24)18(17)34-22)15-12-26-21(27-13-15)29-8-6-23(3,7-9-29)19(31)33-5-2/h10-13H,4-9,24H2,1-3H3,(H2,25,32). The third-order valence-corrected chi connectivity index (χ3v) is 7.35. The van der Waals surface area contributed by atoms with Gasteiger partial charge < -0.3 is 21.1 Å². The summed E-state index contributed by atoms with van der Waals surface area (Å²) in [4.78, 5) is 41.1. The Morgan fingerprint density at radius 2 is 1.85 bits per heavy atom. The van der Waals surface area contributed by atoms with Gasteiger partial charge >= 0.3 is 12.0 Å². The number of aromatic nitrogens is 3. The fourth-order valence-electron chi connectivity index (χ4n) is 4.06. The molecule has 0 atom stereocenters. The Morgan fingerprint density at radius 1 is 1.18 bits per heavy atom. The van der Waals surface area contributed by atoms with Crippen molar-refractivity contribution in [3.8, 4) is 11.1 Å². The van der Waals surface area contributed by atoms with Crippen LogP contribution in [0.1, 0.15) is 33.6 Å². The van der Waals surface area contributed by atoms with E-state index in [1.807, 2.05) is 32.9 Å². The summed E-state index contributed by atoms with van der Waals surface area (Å²) >= 11 is 1.33. The van der Waals surface area contributed by atoms with Gasteiger partial charge in [-0.3, -0.25) is 9.69 Å². The number of nitrogens with two attached hydrogens (primary N) is 2. The van der Waals surface area contributed by atoms with Gasteiger partial charge in [0.1, 0.15) is 0 Å². The van der Waals surface area contributed by atoms with E-state index in [1.54, 1.807) is 12.4 Å². The van der Waals surface area contributed by atoms with Crippen molar-refractivity contribution in [2.45, 2.75) is 33.6 Å². The first-order valence-electron chi connectivity index (χ1n) is 11.3. The van der Waals surface area contributed by atoms with E-state index in [0.29, 0.717) is 61.4 Å². The lowest BCUT2D eigenvalue weighted by Gasteiger charge is -2.37. The fourth-order valence-corrected chi connectivity index (χ4v) is 5.10. The number of anilines is 3. The zero-order chi connectivity index (χ0) is 24.5. The maximum atomic E-state index is 12.3. The van der Waals surface area contributed by atoms with Crippen molar-refractivity contribution in [1.29, 1.82) is 0 Å². The van der Waals surface area contributed by atoms with Gasteiger partial charge in [-0.05, 0) is 51.3 Å². The second-order valence-corrected chi connectivity index (χ2v) is 9.51. The van der Waals surface area contributed by atoms with Crippen LogP contribution in [0, 0.1) is 5.41 Å². The predicted octanol–water partition coefficient (Wildman–Crippen LogP) is 3.41. The van der Waals surface area contributed by atoms with Crippen LogP contribution < -0.4 is 21.3 Å². The van der Waals surface area contributed by atoms with Gasteiger partial charge in [0.2, 0.25) is 5.95 Å². The van der Waals surface area contributed by atoms with Crippen molar-refractivity contribution in [3.63, 3.8) is 0 Å². The smallest absolute Gasteiger partial charge is 0.321 e. The van der Waals surface area contributed by atoms with Crippen molar-refractivity contribution < 1.29 is 14.3 Å². The summed E-state index contributed by atoms with van der Waals surface area (Å²) in [6.45, 7) is 7.80. The quantitative estimate of drug-likeness (QED) is 0.401. The average molecular weight is 484 g/mol. The van der Waals surface area contributed by atoms with Crippen LogP contribution >= 0.6 is 11.3 Å². The molecule has 2 aromatic heterocycles. The number of carbonyl (C=O) groups is 2. The van der Waals surface area contributed by atoms with Crippen molar-refractivity contribution in [1.82, 2.24) is 15.0 Å². The summed E-state index contributed by atoms with van der Waals surface area (Å²) in [5, 5.41) is 0.514. The lowest BCUT2D eigenvalue weighted by atomic mass is 9.80. The monoisotopic (exact) mass is 483 g/mol. The molecule has 10 nitrogen and oxygen atoms in total. The van der Waals surface area contributed by atoms with Gasteiger partial charge in [-0.1, -0.05) is 11.3 Å². The number of rotatable bonds is 6. The molecule has 1 aromatic carbocycles. The minimum atomic E-state index is -0.551. The van der Waals surface area contributed by atoms with Crippen LogP contribution in [0.25, 0.3) is 21.3 Å². The van der Waals surface area contributed by atoms with Crippen LogP contribution in [-0.2, 0) is 9.53 Å². The fraction of sp³-hybridized carbons (Fsp3) is 0.435. The van der Waals surface area contributed by atoms with Crippen LogP contribution in [0.4, 0.5) is 21.6 Å². The number of nitrogen functional groups attached to an aromatic ring is 1. The number of carbonyl (C=O) groups excluding carboxylic acids is 2. The second kappa shape index (κ2) is 9.41. The Labute approximate surface area is 201 Å². The first-order chi connectivity index (χ1) is 16.3. The maximum absolute atomic E-state index is 12.3. The first kappa shape index (κ1) is 23.7. The van der Waals surface area contributed by atoms with Crippen LogP contribution in [0.5, 0.6) is 0 Å². The Morgan fingerprint density at radius 3 is 2.44 bits per heavy atom. The van der Waals surface area contributed by atoms with Crippen LogP contribution in [-0.4, -0.2) is 53.2 Å². The molecule has 0 spiro atoms. The topological polar surface area (TPSA) is 141 Å². The highest BCUT2D eigenvalue weighted by Crippen LogP contribution is 2.37. The highest BCUT2D eigenvalue weighted by atomic mass is 32.1. The van der Waals surface area contributed by atoms with Gasteiger partial charge in [0.25, 0.3) is 0 Å². The van der Waals surface area contributed by atoms with Gasteiger partial charge in [0.15, 0.2) is 5.13 Å². The average Bonchev–Trinajstić information content (AvgIpc) is 3.24. The van der Waals surface area contributed by atoms with Gasteiger partial charge in [-0.15, -0.1) is 0 Å². The molecule has 1 aliphatic rings. The Bertz CT molecular complexity index is 1200. The molecule has 0 aliphatic carbocycles. The van der Waals surface area contributed by atoms with E-state index >= 15 is 0 Å².